The predicted molar refractivity (Wildman–Crippen MR) is 70.2 cm³/mol. The van der Waals surface area contributed by atoms with Crippen molar-refractivity contribution >= 4 is 29.1 Å². The van der Waals surface area contributed by atoms with Gasteiger partial charge >= 0.3 is 0 Å². The highest BCUT2D eigenvalue weighted by atomic mass is 35.5. The molecule has 0 amide bonds. The summed E-state index contributed by atoms with van der Waals surface area (Å²) < 4.78 is 5.76. The summed E-state index contributed by atoms with van der Waals surface area (Å²) in [4.78, 5) is 1.05. The fourth-order valence-corrected chi connectivity index (χ4v) is 3.14. The predicted octanol–water partition coefficient (Wildman–Crippen LogP) is 3.58. The Balaban J connectivity index is 1.91. The highest BCUT2D eigenvalue weighted by Gasteiger charge is 2.21. The van der Waals surface area contributed by atoms with Gasteiger partial charge in [-0.25, -0.2) is 0 Å². The number of halogens is 1. The van der Waals surface area contributed by atoms with Gasteiger partial charge in [0.05, 0.1) is 17.2 Å². The van der Waals surface area contributed by atoms with E-state index in [-0.39, 0.29) is 0 Å². The van der Waals surface area contributed by atoms with E-state index in [9.17, 15) is 0 Å². The number of rotatable bonds is 3. The molecule has 88 valence electrons. The van der Waals surface area contributed by atoms with E-state index in [1.807, 2.05) is 18.2 Å². The second-order valence-electron chi connectivity index (χ2n) is 4.15. The van der Waals surface area contributed by atoms with Gasteiger partial charge < -0.3 is 10.5 Å². The van der Waals surface area contributed by atoms with Crippen LogP contribution in [0.4, 0.5) is 5.69 Å². The Morgan fingerprint density at radius 3 is 3.00 bits per heavy atom. The number of ether oxygens (including phenoxy) is 1. The Kier molecular flexibility index (Phi) is 4.00. The van der Waals surface area contributed by atoms with E-state index in [0.29, 0.717) is 12.2 Å². The SMILES string of the molecule is CC1CCC(CSc2cc(N)ccc2Cl)O1. The smallest absolute Gasteiger partial charge is 0.0673 e. The van der Waals surface area contributed by atoms with Gasteiger partial charge in [0.2, 0.25) is 0 Å². The van der Waals surface area contributed by atoms with E-state index in [1.165, 1.54) is 0 Å². The fourth-order valence-electron chi connectivity index (χ4n) is 1.82. The molecule has 1 heterocycles. The van der Waals surface area contributed by atoms with Crippen LogP contribution in [0.5, 0.6) is 0 Å². The lowest BCUT2D eigenvalue weighted by Crippen LogP contribution is -2.10. The molecule has 2 rings (SSSR count). The van der Waals surface area contributed by atoms with Crippen molar-refractivity contribution in [2.45, 2.75) is 36.9 Å². The van der Waals surface area contributed by atoms with E-state index >= 15 is 0 Å². The molecule has 1 saturated heterocycles. The van der Waals surface area contributed by atoms with E-state index < -0.39 is 0 Å². The zero-order valence-electron chi connectivity index (χ0n) is 9.28. The standard InChI is InChI=1S/C12H16ClNOS/c1-8-2-4-10(15-8)7-16-12-6-9(14)3-5-11(12)13/h3,5-6,8,10H,2,4,7,14H2,1H3. The van der Waals surface area contributed by atoms with Crippen molar-refractivity contribution < 1.29 is 4.74 Å². The van der Waals surface area contributed by atoms with Crippen molar-refractivity contribution in [1.29, 1.82) is 0 Å². The summed E-state index contributed by atoms with van der Waals surface area (Å²) in [6.45, 7) is 2.12. The molecule has 1 aliphatic rings. The van der Waals surface area contributed by atoms with Crippen LogP contribution >= 0.6 is 23.4 Å². The zero-order chi connectivity index (χ0) is 11.5. The lowest BCUT2D eigenvalue weighted by atomic mass is 10.2. The lowest BCUT2D eigenvalue weighted by Gasteiger charge is -2.11. The average molecular weight is 258 g/mol. The molecule has 2 atom stereocenters. The van der Waals surface area contributed by atoms with Crippen LogP contribution in [0, 0.1) is 0 Å². The van der Waals surface area contributed by atoms with Crippen LogP contribution in [0.15, 0.2) is 23.1 Å². The number of nitrogens with two attached hydrogens (primary N) is 1. The van der Waals surface area contributed by atoms with Crippen molar-refractivity contribution in [3.05, 3.63) is 23.2 Å². The maximum Gasteiger partial charge on any atom is 0.0673 e. The fraction of sp³-hybridized carbons (Fsp3) is 0.500. The molecule has 1 aromatic carbocycles. The summed E-state index contributed by atoms with van der Waals surface area (Å²) in [5.41, 5.74) is 6.49. The van der Waals surface area contributed by atoms with Crippen molar-refractivity contribution in [2.75, 3.05) is 11.5 Å². The molecule has 1 aromatic rings. The molecule has 4 heteroatoms. The van der Waals surface area contributed by atoms with E-state index in [0.717, 1.165) is 34.2 Å². The van der Waals surface area contributed by atoms with Gasteiger partial charge in [-0.05, 0) is 38.0 Å². The Morgan fingerprint density at radius 2 is 2.31 bits per heavy atom. The number of nitrogen functional groups attached to an aromatic ring is 1. The second kappa shape index (κ2) is 5.30. The van der Waals surface area contributed by atoms with E-state index in [4.69, 9.17) is 22.1 Å². The largest absolute Gasteiger partial charge is 0.399 e. The molecule has 0 aromatic heterocycles. The molecular weight excluding hydrogens is 242 g/mol. The Morgan fingerprint density at radius 1 is 1.50 bits per heavy atom. The third-order valence-corrected chi connectivity index (χ3v) is 4.33. The summed E-state index contributed by atoms with van der Waals surface area (Å²) in [6.07, 6.45) is 3.07. The molecule has 1 aliphatic heterocycles. The third-order valence-electron chi connectivity index (χ3n) is 2.70. The molecule has 0 aliphatic carbocycles. The van der Waals surface area contributed by atoms with Crippen molar-refractivity contribution in [2.24, 2.45) is 0 Å². The van der Waals surface area contributed by atoms with Crippen LogP contribution in [0.25, 0.3) is 0 Å². The van der Waals surface area contributed by atoms with Gasteiger partial charge in [-0.1, -0.05) is 11.6 Å². The molecule has 1 fully saturated rings. The molecule has 16 heavy (non-hydrogen) atoms. The molecule has 2 nitrogen and oxygen atoms in total. The Hall–Kier alpha value is -0.380. The summed E-state index contributed by atoms with van der Waals surface area (Å²) in [5, 5.41) is 0.769. The first-order valence-corrected chi connectivity index (χ1v) is 6.85. The monoisotopic (exact) mass is 257 g/mol. The van der Waals surface area contributed by atoms with Gasteiger partial charge in [0, 0.05) is 16.3 Å². The van der Waals surface area contributed by atoms with Crippen LogP contribution in [0.1, 0.15) is 19.8 Å². The molecular formula is C12H16ClNOS. The molecule has 2 N–H and O–H groups in total. The number of hydrogen-bond acceptors (Lipinski definition) is 3. The normalized spacial score (nSPS) is 24.9. The number of anilines is 1. The minimum atomic E-state index is 0.359. The number of benzene rings is 1. The first-order chi connectivity index (χ1) is 7.65. The van der Waals surface area contributed by atoms with Gasteiger partial charge in [0.1, 0.15) is 0 Å². The highest BCUT2D eigenvalue weighted by molar-refractivity contribution is 7.99. The van der Waals surface area contributed by atoms with Crippen LogP contribution in [0.2, 0.25) is 5.02 Å². The highest BCUT2D eigenvalue weighted by Crippen LogP contribution is 2.32. The van der Waals surface area contributed by atoms with Gasteiger partial charge in [0.25, 0.3) is 0 Å². The quantitative estimate of drug-likeness (QED) is 0.664. The minimum absolute atomic E-state index is 0.359. The molecule has 2 unspecified atom stereocenters. The zero-order valence-corrected chi connectivity index (χ0v) is 10.9. The minimum Gasteiger partial charge on any atom is -0.399 e. The Labute approximate surface area is 105 Å². The summed E-state index contributed by atoms with van der Waals surface area (Å²) >= 11 is 7.82. The van der Waals surface area contributed by atoms with Gasteiger partial charge in [-0.2, -0.15) is 0 Å². The maximum absolute atomic E-state index is 6.09. The topological polar surface area (TPSA) is 35.2 Å². The van der Waals surface area contributed by atoms with Crippen LogP contribution in [-0.4, -0.2) is 18.0 Å². The van der Waals surface area contributed by atoms with E-state index in [2.05, 4.69) is 6.92 Å². The number of hydrogen-bond donors (Lipinski definition) is 1. The molecule has 0 saturated carbocycles. The lowest BCUT2D eigenvalue weighted by molar-refractivity contribution is 0.0700. The third kappa shape index (κ3) is 3.06. The summed E-state index contributed by atoms with van der Waals surface area (Å²) in [7, 11) is 0. The van der Waals surface area contributed by atoms with Crippen LogP contribution < -0.4 is 5.73 Å². The summed E-state index contributed by atoms with van der Waals surface area (Å²) in [6, 6.07) is 5.59. The first kappa shape index (κ1) is 12.1. The number of thioether (sulfide) groups is 1. The van der Waals surface area contributed by atoms with Crippen LogP contribution in [0.3, 0.4) is 0 Å². The average Bonchev–Trinajstić information content (AvgIpc) is 2.66. The molecule has 0 bridgehead atoms. The van der Waals surface area contributed by atoms with Crippen molar-refractivity contribution in [3.8, 4) is 0 Å². The first-order valence-electron chi connectivity index (χ1n) is 5.48. The Bertz CT molecular complexity index is 372. The van der Waals surface area contributed by atoms with Crippen molar-refractivity contribution in [3.63, 3.8) is 0 Å². The summed E-state index contributed by atoms with van der Waals surface area (Å²) in [5.74, 6) is 0.952. The van der Waals surface area contributed by atoms with E-state index in [1.54, 1.807) is 11.8 Å². The van der Waals surface area contributed by atoms with Gasteiger partial charge in [-0.3, -0.25) is 0 Å². The second-order valence-corrected chi connectivity index (χ2v) is 5.62. The van der Waals surface area contributed by atoms with Gasteiger partial charge in [-0.15, -0.1) is 11.8 Å². The van der Waals surface area contributed by atoms with Crippen LogP contribution in [-0.2, 0) is 4.74 Å². The van der Waals surface area contributed by atoms with Crippen molar-refractivity contribution in [1.82, 2.24) is 0 Å². The maximum atomic E-state index is 6.09. The van der Waals surface area contributed by atoms with Gasteiger partial charge in [0.15, 0.2) is 0 Å². The molecule has 0 spiro atoms. The molecule has 0 radical (unpaired) electrons.